The second kappa shape index (κ2) is 8.52. The van der Waals surface area contributed by atoms with Crippen molar-refractivity contribution in [1.82, 2.24) is 13.7 Å². The van der Waals surface area contributed by atoms with Crippen molar-refractivity contribution in [2.24, 2.45) is 14.1 Å². The molecule has 2 aromatic heterocycles. The average Bonchev–Trinajstić information content (AvgIpc) is 3.20. The van der Waals surface area contributed by atoms with Gasteiger partial charge in [0, 0.05) is 14.1 Å². The lowest BCUT2D eigenvalue weighted by Crippen LogP contribution is -2.40. The molecule has 0 saturated heterocycles. The van der Waals surface area contributed by atoms with E-state index in [0.717, 1.165) is 33.8 Å². The summed E-state index contributed by atoms with van der Waals surface area (Å²) in [7, 11) is 3.26. The Labute approximate surface area is 210 Å². The highest BCUT2D eigenvalue weighted by molar-refractivity contribution is 5.96. The maximum absolute atomic E-state index is 13.7. The zero-order valence-corrected chi connectivity index (χ0v) is 22.0. The first-order valence-electron chi connectivity index (χ1n) is 12.3. The number of rotatable bonds is 4. The number of hydrogen-bond acceptors (Lipinski definition) is 4. The van der Waals surface area contributed by atoms with Crippen molar-refractivity contribution >= 4 is 10.9 Å². The molecule has 5 rings (SSSR count). The molecule has 7 nitrogen and oxygen atoms in total. The molecule has 0 N–H and O–H groups in total. The van der Waals surface area contributed by atoms with Gasteiger partial charge in [0.05, 0.1) is 40.5 Å². The maximum atomic E-state index is 13.7. The van der Waals surface area contributed by atoms with Gasteiger partial charge in [-0.15, -0.1) is 0 Å². The number of aryl methyl sites for hydroxylation is 2. The minimum absolute atomic E-state index is 0.0755. The summed E-state index contributed by atoms with van der Waals surface area (Å²) in [6.07, 6.45) is -0.378. The Hall–Kier alpha value is -3.58. The molecule has 0 unspecified atom stereocenters. The molecule has 0 radical (unpaired) electrons. The van der Waals surface area contributed by atoms with Crippen LogP contribution in [0.1, 0.15) is 50.6 Å². The average molecular weight is 488 g/mol. The van der Waals surface area contributed by atoms with Crippen LogP contribution in [-0.4, -0.2) is 26.4 Å². The lowest BCUT2D eigenvalue weighted by Gasteiger charge is -2.39. The van der Waals surface area contributed by atoms with E-state index < -0.39 is 11.6 Å². The smallest absolute Gasteiger partial charge is 0.331 e. The summed E-state index contributed by atoms with van der Waals surface area (Å²) in [5.74, 6) is 0.784. The van der Waals surface area contributed by atoms with E-state index in [-0.39, 0.29) is 17.4 Å². The Balaban J connectivity index is 1.88. The molecular weight excluding hydrogens is 454 g/mol. The molecule has 0 aliphatic carbocycles. The Morgan fingerprint density at radius 2 is 1.61 bits per heavy atom. The van der Waals surface area contributed by atoms with Crippen molar-refractivity contribution in [1.29, 1.82) is 0 Å². The largest absolute Gasteiger partial charge is 0.491 e. The van der Waals surface area contributed by atoms with Crippen LogP contribution < -0.4 is 16.0 Å². The minimum atomic E-state index is -0.453. The Kier molecular flexibility index (Phi) is 5.71. The SMILES string of the molecule is Cc1ccc(-c2c3c(=O)n(C)c(=O)n(C)c3c3n2C(C)(C)CO[C@@H]3c2ccc(OC(C)C)cc2)cc1. The molecule has 2 aromatic carbocycles. The zero-order valence-electron chi connectivity index (χ0n) is 22.0. The predicted molar refractivity (Wildman–Crippen MR) is 142 cm³/mol. The van der Waals surface area contributed by atoms with Crippen LogP contribution in [-0.2, 0) is 24.4 Å². The van der Waals surface area contributed by atoms with E-state index >= 15 is 0 Å². The molecule has 0 saturated carbocycles. The van der Waals surface area contributed by atoms with Crippen molar-refractivity contribution < 1.29 is 9.47 Å². The number of ether oxygens (including phenoxy) is 2. The lowest BCUT2D eigenvalue weighted by molar-refractivity contribution is -0.00709. The molecule has 4 aromatic rings. The van der Waals surface area contributed by atoms with E-state index in [9.17, 15) is 9.59 Å². The molecule has 1 aliphatic heterocycles. The zero-order chi connectivity index (χ0) is 25.9. The van der Waals surface area contributed by atoms with Crippen LogP contribution in [0.15, 0.2) is 58.1 Å². The van der Waals surface area contributed by atoms with E-state index in [1.165, 1.54) is 11.6 Å². The van der Waals surface area contributed by atoms with Crippen LogP contribution in [0.3, 0.4) is 0 Å². The fourth-order valence-electron chi connectivity index (χ4n) is 5.23. The van der Waals surface area contributed by atoms with Gasteiger partial charge in [0.2, 0.25) is 0 Å². The summed E-state index contributed by atoms with van der Waals surface area (Å²) >= 11 is 0. The summed E-state index contributed by atoms with van der Waals surface area (Å²) in [4.78, 5) is 26.8. The fourth-order valence-corrected chi connectivity index (χ4v) is 5.23. The highest BCUT2D eigenvalue weighted by Gasteiger charge is 2.40. The van der Waals surface area contributed by atoms with E-state index in [2.05, 4.69) is 18.4 Å². The molecule has 0 spiro atoms. The molecule has 0 amide bonds. The predicted octanol–water partition coefficient (Wildman–Crippen LogP) is 4.66. The maximum Gasteiger partial charge on any atom is 0.331 e. The third kappa shape index (κ3) is 3.69. The van der Waals surface area contributed by atoms with Gasteiger partial charge in [-0.25, -0.2) is 4.79 Å². The topological polar surface area (TPSA) is 67.4 Å². The van der Waals surface area contributed by atoms with E-state index in [4.69, 9.17) is 9.47 Å². The van der Waals surface area contributed by atoms with E-state index in [1.807, 2.05) is 69.3 Å². The Bertz CT molecular complexity index is 1570. The normalized spacial score (nSPS) is 16.9. The summed E-state index contributed by atoms with van der Waals surface area (Å²) in [5, 5.41) is 0.529. The lowest BCUT2D eigenvalue weighted by atomic mass is 9.98. The fraction of sp³-hybridized carbons (Fsp3) is 0.379. The first kappa shape index (κ1) is 24.1. The van der Waals surface area contributed by atoms with Gasteiger partial charge in [-0.3, -0.25) is 13.9 Å². The second-order valence-electron chi connectivity index (χ2n) is 10.6. The van der Waals surface area contributed by atoms with Gasteiger partial charge in [0.1, 0.15) is 11.9 Å². The van der Waals surface area contributed by atoms with Gasteiger partial charge < -0.3 is 14.0 Å². The quantitative estimate of drug-likeness (QED) is 0.420. The molecule has 1 atom stereocenters. The number of benzene rings is 2. The van der Waals surface area contributed by atoms with E-state index in [0.29, 0.717) is 17.5 Å². The first-order chi connectivity index (χ1) is 17.0. The van der Waals surface area contributed by atoms with Crippen molar-refractivity contribution in [3.63, 3.8) is 0 Å². The van der Waals surface area contributed by atoms with Crippen molar-refractivity contribution in [2.75, 3.05) is 6.61 Å². The van der Waals surface area contributed by atoms with Gasteiger partial charge in [0.25, 0.3) is 5.56 Å². The van der Waals surface area contributed by atoms with Crippen LogP contribution in [0.5, 0.6) is 5.75 Å². The van der Waals surface area contributed by atoms with Crippen molar-refractivity contribution in [3.8, 4) is 17.0 Å². The number of fused-ring (bicyclic) bond motifs is 3. The molecule has 7 heteroatoms. The monoisotopic (exact) mass is 487 g/mol. The van der Waals surface area contributed by atoms with Crippen LogP contribution >= 0.6 is 0 Å². The third-order valence-electron chi connectivity index (χ3n) is 6.95. The second-order valence-corrected chi connectivity index (χ2v) is 10.6. The summed E-state index contributed by atoms with van der Waals surface area (Å²) in [5.41, 5.74) is 4.12. The number of hydrogen-bond donors (Lipinski definition) is 0. The number of nitrogens with zero attached hydrogens (tertiary/aromatic N) is 3. The minimum Gasteiger partial charge on any atom is -0.491 e. The highest BCUT2D eigenvalue weighted by atomic mass is 16.5. The van der Waals surface area contributed by atoms with Crippen LogP contribution in [0.4, 0.5) is 0 Å². The summed E-state index contributed by atoms with van der Waals surface area (Å²) < 4.78 is 17.3. The molecule has 36 heavy (non-hydrogen) atoms. The summed E-state index contributed by atoms with van der Waals surface area (Å²) in [6.45, 7) is 10.7. The van der Waals surface area contributed by atoms with Gasteiger partial charge in [-0.1, -0.05) is 42.0 Å². The van der Waals surface area contributed by atoms with Gasteiger partial charge in [0.15, 0.2) is 0 Å². The van der Waals surface area contributed by atoms with Crippen LogP contribution in [0.25, 0.3) is 22.2 Å². The van der Waals surface area contributed by atoms with Gasteiger partial charge in [-0.2, -0.15) is 0 Å². The van der Waals surface area contributed by atoms with Gasteiger partial charge in [-0.05, 0) is 57.9 Å². The molecule has 1 aliphatic rings. The third-order valence-corrected chi connectivity index (χ3v) is 6.95. The van der Waals surface area contributed by atoms with E-state index in [1.54, 1.807) is 11.6 Å². The summed E-state index contributed by atoms with van der Waals surface area (Å²) in [6, 6.07) is 16.0. The molecule has 0 fully saturated rings. The van der Waals surface area contributed by atoms with Crippen molar-refractivity contribution in [2.45, 2.75) is 52.4 Å². The Morgan fingerprint density at radius 3 is 2.22 bits per heavy atom. The van der Waals surface area contributed by atoms with Crippen LogP contribution in [0.2, 0.25) is 0 Å². The molecule has 0 bridgehead atoms. The first-order valence-corrected chi connectivity index (χ1v) is 12.3. The molecule has 3 heterocycles. The standard InChI is InChI=1S/C29H33N3O4/c1-17(2)36-21-14-12-20(13-15-21)26-25-24-22(27(33)31(7)28(34)30(24)6)23(19-10-8-18(3)9-11-19)32(25)29(4,5)16-35-26/h8-15,17,26H,16H2,1-7H3/t26-/m1/s1. The molecular formula is C29H33N3O4. The molecule has 188 valence electrons. The Morgan fingerprint density at radius 1 is 0.972 bits per heavy atom. The van der Waals surface area contributed by atoms with Crippen molar-refractivity contribution in [3.05, 3.63) is 86.2 Å². The number of aromatic nitrogens is 3. The van der Waals surface area contributed by atoms with Crippen LogP contribution in [0, 0.1) is 6.92 Å². The van der Waals surface area contributed by atoms with Gasteiger partial charge >= 0.3 is 5.69 Å². The highest BCUT2D eigenvalue weighted by Crippen LogP contribution is 2.45.